The van der Waals surface area contributed by atoms with E-state index in [2.05, 4.69) is 27.6 Å². The van der Waals surface area contributed by atoms with Gasteiger partial charge in [0.25, 0.3) is 0 Å². The van der Waals surface area contributed by atoms with E-state index in [9.17, 15) is 0 Å². The minimum atomic E-state index is 0.590. The number of nitrogens with one attached hydrogen (secondary N) is 2. The Morgan fingerprint density at radius 1 is 1.24 bits per heavy atom. The van der Waals surface area contributed by atoms with E-state index in [1.54, 1.807) is 12.4 Å². The summed E-state index contributed by atoms with van der Waals surface area (Å²) in [5.74, 6) is 8.34. The van der Waals surface area contributed by atoms with Crippen molar-refractivity contribution in [1.82, 2.24) is 9.97 Å². The van der Waals surface area contributed by atoms with Crippen LogP contribution < -0.4 is 16.6 Å². The fraction of sp³-hybridized carbons (Fsp3) is 0.667. The molecule has 0 atom stereocenters. The number of nitrogen functional groups attached to an aromatic ring is 1. The summed E-state index contributed by atoms with van der Waals surface area (Å²) in [4.78, 5) is 8.34. The second-order valence-corrected chi connectivity index (χ2v) is 4.94. The maximum absolute atomic E-state index is 5.29. The normalized spacial score (nSPS) is 24.4. The molecule has 2 rings (SSSR count). The average molecular weight is 235 g/mol. The molecule has 1 saturated carbocycles. The van der Waals surface area contributed by atoms with Gasteiger partial charge in [0.15, 0.2) is 5.82 Å². The van der Waals surface area contributed by atoms with Gasteiger partial charge in [0.1, 0.15) is 5.82 Å². The summed E-state index contributed by atoms with van der Waals surface area (Å²) in [6.07, 6.45) is 8.66. The van der Waals surface area contributed by atoms with E-state index >= 15 is 0 Å². The van der Waals surface area contributed by atoms with Crippen LogP contribution >= 0.6 is 0 Å². The number of hydrogen-bond acceptors (Lipinski definition) is 5. The second kappa shape index (κ2) is 5.82. The van der Waals surface area contributed by atoms with E-state index in [-0.39, 0.29) is 0 Å². The fourth-order valence-corrected chi connectivity index (χ4v) is 2.30. The molecule has 0 saturated heterocycles. The summed E-state index contributed by atoms with van der Waals surface area (Å²) in [5, 5.41) is 3.33. The number of hydrogen-bond donors (Lipinski definition) is 3. The molecule has 1 fully saturated rings. The lowest BCUT2D eigenvalue weighted by atomic mass is 9.83. The quantitative estimate of drug-likeness (QED) is 0.549. The maximum Gasteiger partial charge on any atom is 0.160 e. The molecule has 1 aromatic heterocycles. The summed E-state index contributed by atoms with van der Waals surface area (Å²) in [5.41, 5.74) is 2.50. The first kappa shape index (κ1) is 12.1. The van der Waals surface area contributed by atoms with Crippen molar-refractivity contribution in [1.29, 1.82) is 0 Å². The molecule has 0 spiro atoms. The molecule has 1 heterocycles. The molecule has 1 aromatic rings. The molecular formula is C12H21N5. The van der Waals surface area contributed by atoms with Gasteiger partial charge in [-0.05, 0) is 24.7 Å². The zero-order chi connectivity index (χ0) is 12.1. The van der Waals surface area contributed by atoms with Crippen LogP contribution in [0.1, 0.15) is 32.6 Å². The van der Waals surface area contributed by atoms with E-state index in [1.165, 1.54) is 25.7 Å². The molecule has 17 heavy (non-hydrogen) atoms. The number of anilines is 2. The highest BCUT2D eigenvalue weighted by Gasteiger charge is 2.17. The van der Waals surface area contributed by atoms with Gasteiger partial charge in [-0.1, -0.05) is 19.8 Å². The first-order valence-electron chi connectivity index (χ1n) is 6.30. The van der Waals surface area contributed by atoms with Crippen molar-refractivity contribution in [3.05, 3.63) is 12.4 Å². The van der Waals surface area contributed by atoms with Gasteiger partial charge >= 0.3 is 0 Å². The minimum absolute atomic E-state index is 0.590. The number of hydrazine groups is 1. The number of rotatable bonds is 4. The highest BCUT2D eigenvalue weighted by molar-refractivity contribution is 5.40. The highest BCUT2D eigenvalue weighted by atomic mass is 15.3. The van der Waals surface area contributed by atoms with Crippen molar-refractivity contribution in [3.8, 4) is 0 Å². The van der Waals surface area contributed by atoms with E-state index < -0.39 is 0 Å². The summed E-state index contributed by atoms with van der Waals surface area (Å²) in [6.45, 7) is 3.32. The van der Waals surface area contributed by atoms with Crippen LogP contribution in [-0.4, -0.2) is 16.5 Å². The van der Waals surface area contributed by atoms with Crippen molar-refractivity contribution in [2.24, 2.45) is 17.7 Å². The van der Waals surface area contributed by atoms with Gasteiger partial charge in [-0.2, -0.15) is 0 Å². The Hall–Kier alpha value is -1.36. The second-order valence-electron chi connectivity index (χ2n) is 4.94. The highest BCUT2D eigenvalue weighted by Crippen LogP contribution is 2.28. The van der Waals surface area contributed by atoms with Crippen LogP contribution in [0.2, 0.25) is 0 Å². The Morgan fingerprint density at radius 3 is 2.65 bits per heavy atom. The molecule has 1 aliphatic carbocycles. The molecule has 0 aromatic carbocycles. The SMILES string of the molecule is CC1CCC(CNc2cncc(NN)n2)CC1. The molecule has 94 valence electrons. The third kappa shape index (κ3) is 3.56. The molecule has 5 heteroatoms. The lowest BCUT2D eigenvalue weighted by Crippen LogP contribution is -2.20. The monoisotopic (exact) mass is 235 g/mol. The Morgan fingerprint density at radius 2 is 1.94 bits per heavy atom. The topological polar surface area (TPSA) is 75.9 Å². The lowest BCUT2D eigenvalue weighted by molar-refractivity contribution is 0.300. The molecule has 0 unspecified atom stereocenters. The third-order valence-corrected chi connectivity index (χ3v) is 3.49. The predicted octanol–water partition coefficient (Wildman–Crippen LogP) is 2.00. The zero-order valence-corrected chi connectivity index (χ0v) is 10.3. The molecule has 0 aliphatic heterocycles. The fourth-order valence-electron chi connectivity index (χ4n) is 2.30. The molecule has 0 bridgehead atoms. The first-order valence-corrected chi connectivity index (χ1v) is 6.30. The largest absolute Gasteiger partial charge is 0.368 e. The van der Waals surface area contributed by atoms with Gasteiger partial charge in [-0.3, -0.25) is 4.98 Å². The van der Waals surface area contributed by atoms with Crippen LogP contribution in [-0.2, 0) is 0 Å². The van der Waals surface area contributed by atoms with Crippen LogP contribution in [0.5, 0.6) is 0 Å². The van der Waals surface area contributed by atoms with Crippen LogP contribution in [0.3, 0.4) is 0 Å². The molecular weight excluding hydrogens is 214 g/mol. The van der Waals surface area contributed by atoms with E-state index in [1.807, 2.05) is 0 Å². The van der Waals surface area contributed by atoms with Crippen LogP contribution in [0.25, 0.3) is 0 Å². The maximum atomic E-state index is 5.29. The molecule has 0 radical (unpaired) electrons. The average Bonchev–Trinajstić information content (AvgIpc) is 2.38. The Bertz CT molecular complexity index is 347. The standard InChI is InChI=1S/C12H21N5/c1-9-2-4-10(5-3-9)6-15-11-7-14-8-12(16-11)17-13/h7-10H,2-6,13H2,1H3,(H2,15,16,17). The van der Waals surface area contributed by atoms with Crippen LogP contribution in [0.4, 0.5) is 11.6 Å². The van der Waals surface area contributed by atoms with Crippen LogP contribution in [0, 0.1) is 11.8 Å². The van der Waals surface area contributed by atoms with Crippen molar-refractivity contribution in [2.45, 2.75) is 32.6 Å². The van der Waals surface area contributed by atoms with E-state index in [4.69, 9.17) is 5.84 Å². The summed E-state index contributed by atoms with van der Waals surface area (Å²) in [6, 6.07) is 0. The Kier molecular flexibility index (Phi) is 4.14. The van der Waals surface area contributed by atoms with Crippen molar-refractivity contribution >= 4 is 11.6 Å². The number of aromatic nitrogens is 2. The zero-order valence-electron chi connectivity index (χ0n) is 10.3. The Balaban J connectivity index is 1.81. The molecule has 1 aliphatic rings. The van der Waals surface area contributed by atoms with Gasteiger partial charge in [-0.15, -0.1) is 0 Å². The van der Waals surface area contributed by atoms with Gasteiger partial charge < -0.3 is 10.7 Å². The Labute approximate surface area is 102 Å². The van der Waals surface area contributed by atoms with Crippen molar-refractivity contribution < 1.29 is 0 Å². The number of nitrogens with zero attached hydrogens (tertiary/aromatic N) is 2. The van der Waals surface area contributed by atoms with Crippen molar-refractivity contribution in [2.75, 3.05) is 17.3 Å². The third-order valence-electron chi connectivity index (χ3n) is 3.49. The predicted molar refractivity (Wildman–Crippen MR) is 69.5 cm³/mol. The summed E-state index contributed by atoms with van der Waals surface area (Å²) < 4.78 is 0. The molecule has 4 N–H and O–H groups in total. The molecule has 0 amide bonds. The first-order chi connectivity index (χ1) is 8.28. The smallest absolute Gasteiger partial charge is 0.160 e. The van der Waals surface area contributed by atoms with Crippen molar-refractivity contribution in [3.63, 3.8) is 0 Å². The van der Waals surface area contributed by atoms with Gasteiger partial charge in [0.2, 0.25) is 0 Å². The van der Waals surface area contributed by atoms with E-state index in [0.717, 1.165) is 24.2 Å². The van der Waals surface area contributed by atoms with Gasteiger partial charge in [0.05, 0.1) is 12.4 Å². The van der Waals surface area contributed by atoms with E-state index in [0.29, 0.717) is 5.82 Å². The van der Waals surface area contributed by atoms with Gasteiger partial charge in [0, 0.05) is 6.54 Å². The van der Waals surface area contributed by atoms with Crippen LogP contribution in [0.15, 0.2) is 12.4 Å². The van der Waals surface area contributed by atoms with Gasteiger partial charge in [-0.25, -0.2) is 10.8 Å². The molecule has 5 nitrogen and oxygen atoms in total. The summed E-state index contributed by atoms with van der Waals surface area (Å²) in [7, 11) is 0. The summed E-state index contributed by atoms with van der Waals surface area (Å²) >= 11 is 0. The number of nitrogens with two attached hydrogens (primary N) is 1. The minimum Gasteiger partial charge on any atom is -0.368 e. The lowest BCUT2D eigenvalue weighted by Gasteiger charge is -2.26.